The van der Waals surface area contributed by atoms with Crippen LogP contribution < -0.4 is 10.2 Å². The Hall–Kier alpha value is -4.89. The van der Waals surface area contributed by atoms with Crippen molar-refractivity contribution in [3.63, 3.8) is 0 Å². The van der Waals surface area contributed by atoms with Crippen molar-refractivity contribution in [3.05, 3.63) is 103 Å². The summed E-state index contributed by atoms with van der Waals surface area (Å²) in [5.74, 6) is 1.38. The average Bonchev–Trinajstić information content (AvgIpc) is 3.60. The van der Waals surface area contributed by atoms with E-state index < -0.39 is 0 Å². The van der Waals surface area contributed by atoms with Gasteiger partial charge in [-0.15, -0.1) is 10.2 Å². The second-order valence-corrected chi connectivity index (χ2v) is 10.5. The van der Waals surface area contributed by atoms with E-state index in [1.54, 1.807) is 6.21 Å². The van der Waals surface area contributed by atoms with Crippen LogP contribution >= 0.6 is 11.8 Å². The number of carbonyl (C=O) groups is 1. The van der Waals surface area contributed by atoms with Crippen LogP contribution in [0.1, 0.15) is 19.4 Å². The first kappa shape index (κ1) is 27.3. The molecule has 1 amide bonds. The largest absolute Gasteiger partial charge is 0.494 e. The van der Waals surface area contributed by atoms with Crippen LogP contribution in [-0.2, 0) is 11.3 Å². The van der Waals surface area contributed by atoms with Crippen LogP contribution in [0.25, 0.3) is 38.9 Å². The third-order valence-electron chi connectivity index (χ3n) is 6.92. The zero-order chi connectivity index (χ0) is 28.9. The molecule has 0 unspecified atom stereocenters. The van der Waals surface area contributed by atoms with E-state index in [1.165, 1.54) is 33.6 Å². The zero-order valence-electron chi connectivity index (χ0n) is 23.4. The van der Waals surface area contributed by atoms with Crippen LogP contribution in [-0.4, -0.2) is 43.8 Å². The summed E-state index contributed by atoms with van der Waals surface area (Å²) in [6.45, 7) is 5.59. The molecule has 0 atom stereocenters. The molecule has 0 bridgehead atoms. The number of rotatable bonds is 10. The molecule has 2 aromatic heterocycles. The summed E-state index contributed by atoms with van der Waals surface area (Å²) >= 11 is 1.30. The fourth-order valence-corrected chi connectivity index (χ4v) is 5.81. The molecule has 0 saturated heterocycles. The summed E-state index contributed by atoms with van der Waals surface area (Å²) in [5, 5.41) is 16.1. The molecule has 0 radical (unpaired) electrons. The fraction of sp³-hybridized carbons (Fsp3) is 0.152. The van der Waals surface area contributed by atoms with Gasteiger partial charge in [-0.2, -0.15) is 5.10 Å². The topological polar surface area (TPSA) is 86.3 Å². The summed E-state index contributed by atoms with van der Waals surface area (Å²) in [7, 11) is 0. The monoisotopic (exact) mass is 574 g/mol. The summed E-state index contributed by atoms with van der Waals surface area (Å²) in [6, 6.07) is 32.3. The Balaban J connectivity index is 1.17. The van der Waals surface area contributed by atoms with Gasteiger partial charge >= 0.3 is 0 Å². The van der Waals surface area contributed by atoms with Crippen LogP contribution in [0, 0.1) is 0 Å². The maximum atomic E-state index is 12.8. The summed E-state index contributed by atoms with van der Waals surface area (Å²) in [5.41, 5.74) is 7.77. The first-order valence-corrected chi connectivity index (χ1v) is 14.8. The lowest BCUT2D eigenvalue weighted by Crippen LogP contribution is -2.20. The molecule has 6 aromatic rings. The van der Waals surface area contributed by atoms with Crippen molar-refractivity contribution in [2.24, 2.45) is 5.10 Å². The first-order chi connectivity index (χ1) is 20.7. The van der Waals surface area contributed by atoms with Crippen molar-refractivity contribution >= 4 is 45.7 Å². The highest BCUT2D eigenvalue weighted by atomic mass is 32.2. The molecule has 210 valence electrons. The maximum Gasteiger partial charge on any atom is 0.250 e. The highest BCUT2D eigenvalue weighted by molar-refractivity contribution is 7.99. The van der Waals surface area contributed by atoms with Gasteiger partial charge in [-0.1, -0.05) is 66.4 Å². The van der Waals surface area contributed by atoms with Crippen molar-refractivity contribution in [3.8, 4) is 22.8 Å². The number of amides is 1. The number of para-hydroxylation sites is 1. The normalized spacial score (nSPS) is 11.5. The number of benzene rings is 4. The molecular weight excluding hydrogens is 544 g/mol. The van der Waals surface area contributed by atoms with Crippen LogP contribution in [0.2, 0.25) is 0 Å². The SMILES string of the molecule is CCOc1ccc(-n2c(SCC(=O)N/N=C\c3ccc4c(c3)c3ccccc3n4CC)nnc2-c2ccccc2)cc1. The lowest BCUT2D eigenvalue weighted by Gasteiger charge is -2.11. The molecule has 0 saturated carbocycles. The van der Waals surface area contributed by atoms with Gasteiger partial charge in [-0.05, 0) is 61.9 Å². The molecule has 8 nitrogen and oxygen atoms in total. The van der Waals surface area contributed by atoms with Crippen molar-refractivity contribution in [1.82, 2.24) is 24.8 Å². The standard InChI is InChI=1S/C33H30N6O2S/c1-3-38-29-13-9-8-12-27(29)28-20-23(14-19-30(28)38)21-34-35-31(40)22-42-33-37-36-32(24-10-6-5-7-11-24)39(33)25-15-17-26(18-16-25)41-4-2/h5-21H,3-4,22H2,1-2H3,(H,35,40)/b34-21-. The van der Waals surface area contributed by atoms with Gasteiger partial charge < -0.3 is 9.30 Å². The van der Waals surface area contributed by atoms with E-state index in [9.17, 15) is 4.79 Å². The molecule has 0 aliphatic heterocycles. The molecule has 0 aliphatic rings. The minimum absolute atomic E-state index is 0.129. The summed E-state index contributed by atoms with van der Waals surface area (Å²) in [6.07, 6.45) is 1.68. The Kier molecular flexibility index (Phi) is 8.00. The summed E-state index contributed by atoms with van der Waals surface area (Å²) < 4.78 is 9.86. The number of nitrogens with zero attached hydrogens (tertiary/aromatic N) is 5. The number of aryl methyl sites for hydroxylation is 1. The van der Waals surface area contributed by atoms with Crippen molar-refractivity contribution in [2.45, 2.75) is 25.5 Å². The van der Waals surface area contributed by atoms with E-state index in [0.717, 1.165) is 29.1 Å². The lowest BCUT2D eigenvalue weighted by atomic mass is 10.1. The first-order valence-electron chi connectivity index (χ1n) is 13.9. The van der Waals surface area contributed by atoms with Gasteiger partial charge in [0.1, 0.15) is 5.75 Å². The zero-order valence-corrected chi connectivity index (χ0v) is 24.2. The van der Waals surface area contributed by atoms with Gasteiger partial charge in [0.2, 0.25) is 0 Å². The Bertz CT molecular complexity index is 1880. The number of hydrogen-bond donors (Lipinski definition) is 1. The van der Waals surface area contributed by atoms with E-state index >= 15 is 0 Å². The number of ether oxygens (including phenoxy) is 1. The highest BCUT2D eigenvalue weighted by Gasteiger charge is 2.17. The van der Waals surface area contributed by atoms with Crippen LogP contribution in [0.15, 0.2) is 107 Å². The molecule has 9 heteroatoms. The quantitative estimate of drug-likeness (QED) is 0.112. The van der Waals surface area contributed by atoms with Gasteiger partial charge in [-0.25, -0.2) is 5.43 Å². The van der Waals surface area contributed by atoms with E-state index in [1.807, 2.05) is 72.2 Å². The van der Waals surface area contributed by atoms with Gasteiger partial charge in [-0.3, -0.25) is 9.36 Å². The Morgan fingerprint density at radius 1 is 0.905 bits per heavy atom. The Morgan fingerprint density at radius 2 is 1.67 bits per heavy atom. The van der Waals surface area contributed by atoms with Crippen LogP contribution in [0.4, 0.5) is 0 Å². The number of nitrogens with one attached hydrogen (secondary N) is 1. The number of hydrogen-bond acceptors (Lipinski definition) is 6. The smallest absolute Gasteiger partial charge is 0.250 e. The van der Waals surface area contributed by atoms with Crippen molar-refractivity contribution < 1.29 is 9.53 Å². The fourth-order valence-electron chi connectivity index (χ4n) is 5.06. The van der Waals surface area contributed by atoms with Gasteiger partial charge in [0.05, 0.1) is 18.6 Å². The molecule has 0 aliphatic carbocycles. The third-order valence-corrected chi connectivity index (χ3v) is 7.85. The van der Waals surface area contributed by atoms with E-state index in [2.05, 4.69) is 68.6 Å². The van der Waals surface area contributed by atoms with Crippen molar-refractivity contribution in [1.29, 1.82) is 0 Å². The Labute approximate surface area is 248 Å². The van der Waals surface area contributed by atoms with Gasteiger partial charge in [0, 0.05) is 39.6 Å². The number of fused-ring (bicyclic) bond motifs is 3. The van der Waals surface area contributed by atoms with E-state index in [4.69, 9.17) is 4.74 Å². The molecule has 1 N–H and O–H groups in total. The molecule has 2 heterocycles. The lowest BCUT2D eigenvalue weighted by molar-refractivity contribution is -0.118. The van der Waals surface area contributed by atoms with Crippen molar-refractivity contribution in [2.75, 3.05) is 12.4 Å². The number of hydrazone groups is 1. The van der Waals surface area contributed by atoms with Crippen LogP contribution in [0.3, 0.4) is 0 Å². The summed E-state index contributed by atoms with van der Waals surface area (Å²) in [4.78, 5) is 12.8. The molecule has 4 aromatic carbocycles. The second kappa shape index (κ2) is 12.3. The van der Waals surface area contributed by atoms with Gasteiger partial charge in [0.25, 0.3) is 5.91 Å². The number of carbonyl (C=O) groups excluding carboxylic acids is 1. The average molecular weight is 575 g/mol. The predicted octanol–water partition coefficient (Wildman–Crippen LogP) is 6.70. The molecule has 42 heavy (non-hydrogen) atoms. The van der Waals surface area contributed by atoms with Crippen LogP contribution in [0.5, 0.6) is 5.75 Å². The molecule has 6 rings (SSSR count). The van der Waals surface area contributed by atoms with E-state index in [0.29, 0.717) is 17.6 Å². The third kappa shape index (κ3) is 5.51. The minimum atomic E-state index is -0.234. The molecule has 0 spiro atoms. The number of thioether (sulfide) groups is 1. The van der Waals surface area contributed by atoms with Gasteiger partial charge in [0.15, 0.2) is 11.0 Å². The molecular formula is C33H30N6O2S. The maximum absolute atomic E-state index is 12.8. The van der Waals surface area contributed by atoms with E-state index in [-0.39, 0.29) is 11.7 Å². The molecule has 0 fully saturated rings. The minimum Gasteiger partial charge on any atom is -0.494 e. The predicted molar refractivity (Wildman–Crippen MR) is 170 cm³/mol. The second-order valence-electron chi connectivity index (χ2n) is 9.55. The number of aromatic nitrogens is 4. The Morgan fingerprint density at radius 3 is 2.45 bits per heavy atom. The highest BCUT2D eigenvalue weighted by Crippen LogP contribution is 2.30.